The summed E-state index contributed by atoms with van der Waals surface area (Å²) in [7, 11) is 0. The lowest BCUT2D eigenvalue weighted by Crippen LogP contribution is -2.20. The van der Waals surface area contributed by atoms with E-state index in [0.29, 0.717) is 19.8 Å². The largest absolute Gasteiger partial charge is 0.394 e. The number of nitrogens with one attached hydrogen (secondary N) is 1. The van der Waals surface area contributed by atoms with Crippen LogP contribution in [0.15, 0.2) is 23.2 Å². The van der Waals surface area contributed by atoms with Crippen LogP contribution in [-0.2, 0) is 11.3 Å². The van der Waals surface area contributed by atoms with Crippen LogP contribution in [0.3, 0.4) is 0 Å². The van der Waals surface area contributed by atoms with Gasteiger partial charge in [-0.2, -0.15) is 0 Å². The molecule has 2 aromatic heterocycles. The van der Waals surface area contributed by atoms with Gasteiger partial charge < -0.3 is 15.2 Å². The third-order valence-electron chi connectivity index (χ3n) is 2.41. The summed E-state index contributed by atoms with van der Waals surface area (Å²) in [6.07, 6.45) is 5.44. The lowest BCUT2D eigenvalue weighted by Gasteiger charge is -2.05. The average Bonchev–Trinajstić information content (AvgIpc) is 2.76. The van der Waals surface area contributed by atoms with Gasteiger partial charge >= 0.3 is 0 Å². The monoisotopic (exact) mass is 314 g/mol. The molecule has 0 atom stereocenters. The van der Waals surface area contributed by atoms with E-state index in [1.165, 1.54) is 0 Å². The Morgan fingerprint density at radius 3 is 3.06 bits per heavy atom. The maximum Gasteiger partial charge on any atom is 0.155 e. The third-order valence-corrected chi connectivity index (χ3v) is 2.82. The Morgan fingerprint density at radius 1 is 1.33 bits per heavy atom. The summed E-state index contributed by atoms with van der Waals surface area (Å²) in [5.41, 5.74) is 1.89. The summed E-state index contributed by atoms with van der Waals surface area (Å²) in [5, 5.41) is 11.8. The highest BCUT2D eigenvalue weighted by molar-refractivity contribution is 9.10. The van der Waals surface area contributed by atoms with Crippen molar-refractivity contribution >= 4 is 21.6 Å². The van der Waals surface area contributed by atoms with Crippen molar-refractivity contribution in [3.8, 4) is 0 Å². The lowest BCUT2D eigenvalue weighted by atomic mass is 10.4. The summed E-state index contributed by atoms with van der Waals surface area (Å²) in [6.45, 7) is 2.48. The predicted molar refractivity (Wildman–Crippen MR) is 70.3 cm³/mol. The molecule has 0 aliphatic rings. The number of rotatable bonds is 7. The minimum atomic E-state index is 0.0638. The first-order valence-electron chi connectivity index (χ1n) is 5.68. The van der Waals surface area contributed by atoms with Gasteiger partial charge in [-0.1, -0.05) is 0 Å². The van der Waals surface area contributed by atoms with Crippen molar-refractivity contribution in [2.75, 3.05) is 26.4 Å². The van der Waals surface area contributed by atoms with Gasteiger partial charge in [0.25, 0.3) is 0 Å². The number of aliphatic hydroxyl groups is 1. The van der Waals surface area contributed by atoms with Crippen molar-refractivity contribution in [3.05, 3.63) is 28.9 Å². The second-order valence-electron chi connectivity index (χ2n) is 3.70. The molecule has 0 radical (unpaired) electrons. The van der Waals surface area contributed by atoms with Gasteiger partial charge in [-0.3, -0.25) is 4.40 Å². The van der Waals surface area contributed by atoms with E-state index in [1.807, 2.05) is 16.8 Å². The van der Waals surface area contributed by atoms with Crippen LogP contribution in [0.4, 0.5) is 0 Å². The minimum Gasteiger partial charge on any atom is -0.394 e. The molecule has 0 aromatic carbocycles. The summed E-state index contributed by atoms with van der Waals surface area (Å²) >= 11 is 3.34. The lowest BCUT2D eigenvalue weighted by molar-refractivity contribution is 0.0937. The smallest absolute Gasteiger partial charge is 0.155 e. The van der Waals surface area contributed by atoms with E-state index in [1.54, 1.807) is 6.20 Å². The van der Waals surface area contributed by atoms with Crippen LogP contribution in [0.2, 0.25) is 0 Å². The molecule has 2 aromatic rings. The first-order chi connectivity index (χ1) is 8.81. The highest BCUT2D eigenvalue weighted by Gasteiger charge is 2.03. The Bertz CT molecular complexity index is 503. The number of hydrogen-bond acceptors (Lipinski definition) is 5. The average molecular weight is 315 g/mol. The molecule has 0 fully saturated rings. The number of hydrogen-bond donors (Lipinski definition) is 2. The van der Waals surface area contributed by atoms with Gasteiger partial charge in [0.15, 0.2) is 5.65 Å². The minimum absolute atomic E-state index is 0.0638. The molecule has 0 amide bonds. The fourth-order valence-electron chi connectivity index (χ4n) is 1.57. The second-order valence-corrected chi connectivity index (χ2v) is 4.51. The summed E-state index contributed by atoms with van der Waals surface area (Å²) < 4.78 is 7.92. The molecule has 0 unspecified atom stereocenters. The van der Waals surface area contributed by atoms with Crippen molar-refractivity contribution in [1.82, 2.24) is 19.7 Å². The fourth-order valence-corrected chi connectivity index (χ4v) is 1.88. The van der Waals surface area contributed by atoms with Crippen LogP contribution < -0.4 is 5.32 Å². The maximum absolute atomic E-state index is 8.55. The van der Waals surface area contributed by atoms with Crippen molar-refractivity contribution in [1.29, 1.82) is 0 Å². The van der Waals surface area contributed by atoms with E-state index >= 15 is 0 Å². The normalized spacial score (nSPS) is 11.2. The van der Waals surface area contributed by atoms with Gasteiger partial charge in [-0.25, -0.2) is 9.97 Å². The van der Waals surface area contributed by atoms with E-state index in [-0.39, 0.29) is 6.61 Å². The molecular formula is C11H15BrN4O2. The molecule has 0 aliphatic heterocycles. The molecule has 0 saturated heterocycles. The molecule has 2 heterocycles. The van der Waals surface area contributed by atoms with Crippen LogP contribution in [0, 0.1) is 0 Å². The standard InChI is InChI=1S/C11H15BrN4O2/c12-10-8-16-9(6-15-11(16)7-14-10)5-13-1-3-18-4-2-17/h6-8,13,17H,1-5H2. The van der Waals surface area contributed by atoms with Gasteiger partial charge in [-0.05, 0) is 15.9 Å². The zero-order valence-electron chi connectivity index (χ0n) is 9.84. The van der Waals surface area contributed by atoms with Crippen LogP contribution in [0.1, 0.15) is 5.69 Å². The number of nitrogens with zero attached hydrogens (tertiary/aromatic N) is 3. The Kier molecular flexibility index (Phi) is 5.06. The molecule has 0 spiro atoms. The van der Waals surface area contributed by atoms with E-state index < -0.39 is 0 Å². The molecule has 2 rings (SSSR count). The third kappa shape index (κ3) is 3.49. The molecule has 0 aliphatic carbocycles. The molecular weight excluding hydrogens is 300 g/mol. The van der Waals surface area contributed by atoms with Gasteiger partial charge in [0.2, 0.25) is 0 Å². The van der Waals surface area contributed by atoms with Crippen molar-refractivity contribution < 1.29 is 9.84 Å². The molecule has 98 valence electrons. The quantitative estimate of drug-likeness (QED) is 0.732. The van der Waals surface area contributed by atoms with Gasteiger partial charge in [0.1, 0.15) is 4.60 Å². The van der Waals surface area contributed by atoms with Gasteiger partial charge in [-0.15, -0.1) is 0 Å². The van der Waals surface area contributed by atoms with E-state index in [2.05, 4.69) is 31.2 Å². The molecule has 6 nitrogen and oxygen atoms in total. The molecule has 7 heteroatoms. The number of aromatic nitrogens is 3. The maximum atomic E-state index is 8.55. The van der Waals surface area contributed by atoms with E-state index in [4.69, 9.17) is 9.84 Å². The number of ether oxygens (including phenoxy) is 1. The Hall–Kier alpha value is -1.02. The molecule has 0 bridgehead atoms. The summed E-state index contributed by atoms with van der Waals surface area (Å²) in [5.74, 6) is 0. The highest BCUT2D eigenvalue weighted by atomic mass is 79.9. The fraction of sp³-hybridized carbons (Fsp3) is 0.455. The Morgan fingerprint density at radius 2 is 2.22 bits per heavy atom. The van der Waals surface area contributed by atoms with Crippen LogP contribution in [-0.4, -0.2) is 45.8 Å². The van der Waals surface area contributed by atoms with Crippen LogP contribution >= 0.6 is 15.9 Å². The zero-order chi connectivity index (χ0) is 12.8. The predicted octanol–water partition coefficient (Wildman–Crippen LogP) is 0.590. The Labute approximate surface area is 113 Å². The van der Waals surface area contributed by atoms with E-state index in [9.17, 15) is 0 Å². The van der Waals surface area contributed by atoms with Gasteiger partial charge in [0, 0.05) is 19.3 Å². The number of fused-ring (bicyclic) bond motifs is 1. The number of imidazole rings is 1. The topological polar surface area (TPSA) is 71.7 Å². The van der Waals surface area contributed by atoms with Crippen molar-refractivity contribution in [2.45, 2.75) is 6.54 Å². The zero-order valence-corrected chi connectivity index (χ0v) is 11.4. The second kappa shape index (κ2) is 6.79. The summed E-state index contributed by atoms with van der Waals surface area (Å²) in [6, 6.07) is 0. The SMILES string of the molecule is OCCOCCNCc1cnc2cnc(Br)cn12. The van der Waals surface area contributed by atoms with Crippen molar-refractivity contribution in [3.63, 3.8) is 0 Å². The first-order valence-corrected chi connectivity index (χ1v) is 6.47. The van der Waals surface area contributed by atoms with Gasteiger partial charge in [0.05, 0.1) is 37.9 Å². The van der Waals surface area contributed by atoms with Crippen molar-refractivity contribution in [2.24, 2.45) is 0 Å². The molecule has 18 heavy (non-hydrogen) atoms. The number of aliphatic hydroxyl groups excluding tert-OH is 1. The summed E-state index contributed by atoms with van der Waals surface area (Å²) in [4.78, 5) is 8.38. The molecule has 0 saturated carbocycles. The van der Waals surface area contributed by atoms with Crippen LogP contribution in [0.25, 0.3) is 5.65 Å². The first kappa shape index (κ1) is 13.4. The number of halogens is 1. The molecule has 2 N–H and O–H groups in total. The Balaban J connectivity index is 1.86. The van der Waals surface area contributed by atoms with Crippen LogP contribution in [0.5, 0.6) is 0 Å². The van der Waals surface area contributed by atoms with E-state index in [0.717, 1.165) is 22.5 Å². The highest BCUT2D eigenvalue weighted by Crippen LogP contribution is 2.10.